The molecule has 0 aliphatic carbocycles. The second kappa shape index (κ2) is 8.67. The molecule has 3 rings (SSSR count). The maximum Gasteiger partial charge on any atom is 0.409 e. The Morgan fingerprint density at radius 3 is 2.80 bits per heavy atom. The Labute approximate surface area is 148 Å². The predicted octanol–water partition coefficient (Wildman–Crippen LogP) is 2.86. The van der Waals surface area contributed by atoms with E-state index in [0.717, 1.165) is 55.7 Å². The SMILES string of the molecule is CCOC(=O)N1CCC(NCCNc2ccc3ccccc3n2)CC1. The number of rotatable bonds is 6. The van der Waals surface area contributed by atoms with Gasteiger partial charge in [-0.2, -0.15) is 0 Å². The normalized spacial score (nSPS) is 15.3. The quantitative estimate of drug-likeness (QED) is 0.790. The van der Waals surface area contributed by atoms with E-state index in [2.05, 4.69) is 27.8 Å². The van der Waals surface area contributed by atoms with E-state index in [1.165, 1.54) is 0 Å². The first-order chi connectivity index (χ1) is 12.3. The fourth-order valence-electron chi connectivity index (χ4n) is 3.11. The molecule has 1 amide bonds. The van der Waals surface area contributed by atoms with E-state index in [-0.39, 0.29) is 6.09 Å². The Kier molecular flexibility index (Phi) is 6.06. The van der Waals surface area contributed by atoms with E-state index < -0.39 is 0 Å². The van der Waals surface area contributed by atoms with Crippen molar-refractivity contribution < 1.29 is 9.53 Å². The summed E-state index contributed by atoms with van der Waals surface area (Å²) in [6.45, 7) is 5.49. The number of fused-ring (bicyclic) bond motifs is 1. The number of carbonyl (C=O) groups excluding carboxylic acids is 1. The van der Waals surface area contributed by atoms with Crippen LogP contribution in [0.2, 0.25) is 0 Å². The minimum absolute atomic E-state index is 0.190. The molecule has 0 unspecified atom stereocenters. The Morgan fingerprint density at radius 2 is 2.00 bits per heavy atom. The molecular formula is C19H26N4O2. The third kappa shape index (κ3) is 4.82. The summed E-state index contributed by atoms with van der Waals surface area (Å²) < 4.78 is 5.04. The molecule has 1 saturated heterocycles. The molecule has 2 aromatic rings. The summed E-state index contributed by atoms with van der Waals surface area (Å²) in [6, 6.07) is 12.7. The average Bonchev–Trinajstić information content (AvgIpc) is 2.66. The molecule has 1 fully saturated rings. The molecule has 1 aromatic heterocycles. The van der Waals surface area contributed by atoms with Crippen LogP contribution in [0.25, 0.3) is 10.9 Å². The number of ether oxygens (including phenoxy) is 1. The van der Waals surface area contributed by atoms with Gasteiger partial charge in [-0.1, -0.05) is 18.2 Å². The van der Waals surface area contributed by atoms with Crippen LogP contribution in [-0.2, 0) is 4.74 Å². The summed E-state index contributed by atoms with van der Waals surface area (Å²) in [7, 11) is 0. The van der Waals surface area contributed by atoms with Crippen LogP contribution in [0.15, 0.2) is 36.4 Å². The third-order valence-corrected chi connectivity index (χ3v) is 4.48. The van der Waals surface area contributed by atoms with Crippen molar-refractivity contribution in [2.45, 2.75) is 25.8 Å². The van der Waals surface area contributed by atoms with Gasteiger partial charge in [0.25, 0.3) is 0 Å². The van der Waals surface area contributed by atoms with Crippen LogP contribution in [0.3, 0.4) is 0 Å². The van der Waals surface area contributed by atoms with Crippen LogP contribution in [0, 0.1) is 0 Å². The first-order valence-corrected chi connectivity index (χ1v) is 9.01. The standard InChI is InChI=1S/C19H26N4O2/c1-2-25-19(24)23-13-9-16(10-14-23)20-11-12-21-18-8-7-15-5-3-4-6-17(15)22-18/h3-8,16,20H,2,9-14H2,1H3,(H,21,22). The first kappa shape index (κ1) is 17.5. The number of benzene rings is 1. The number of hydrogen-bond acceptors (Lipinski definition) is 5. The van der Waals surface area contributed by atoms with E-state index in [4.69, 9.17) is 4.74 Å². The van der Waals surface area contributed by atoms with Gasteiger partial charge in [0.05, 0.1) is 12.1 Å². The Morgan fingerprint density at radius 1 is 1.20 bits per heavy atom. The lowest BCUT2D eigenvalue weighted by molar-refractivity contribution is 0.0952. The minimum Gasteiger partial charge on any atom is -0.450 e. The zero-order valence-electron chi connectivity index (χ0n) is 14.7. The molecule has 0 saturated carbocycles. The smallest absolute Gasteiger partial charge is 0.409 e. The lowest BCUT2D eigenvalue weighted by Crippen LogP contribution is -2.46. The number of pyridine rings is 1. The van der Waals surface area contributed by atoms with Crippen molar-refractivity contribution in [3.8, 4) is 0 Å². The molecule has 25 heavy (non-hydrogen) atoms. The Balaban J connectivity index is 1.36. The van der Waals surface area contributed by atoms with Crippen molar-refractivity contribution in [2.24, 2.45) is 0 Å². The van der Waals surface area contributed by atoms with Crippen LogP contribution in [0.5, 0.6) is 0 Å². The summed E-state index contributed by atoms with van der Waals surface area (Å²) >= 11 is 0. The van der Waals surface area contributed by atoms with Gasteiger partial charge in [-0.25, -0.2) is 9.78 Å². The van der Waals surface area contributed by atoms with Crippen molar-refractivity contribution in [2.75, 3.05) is 38.1 Å². The molecule has 6 heteroatoms. The Hall–Kier alpha value is -2.34. The number of piperidine rings is 1. The summed E-state index contributed by atoms with van der Waals surface area (Å²) in [5, 5.41) is 8.07. The van der Waals surface area contributed by atoms with Crippen molar-refractivity contribution in [3.05, 3.63) is 36.4 Å². The lowest BCUT2D eigenvalue weighted by atomic mass is 10.1. The predicted molar refractivity (Wildman–Crippen MR) is 99.9 cm³/mol. The Bertz CT molecular complexity index is 699. The zero-order valence-corrected chi connectivity index (χ0v) is 14.7. The highest BCUT2D eigenvalue weighted by Crippen LogP contribution is 2.14. The maximum atomic E-state index is 11.7. The van der Waals surface area contributed by atoms with Crippen LogP contribution in [0.1, 0.15) is 19.8 Å². The first-order valence-electron chi connectivity index (χ1n) is 9.01. The molecule has 0 atom stereocenters. The summed E-state index contributed by atoms with van der Waals surface area (Å²) in [5.74, 6) is 0.901. The third-order valence-electron chi connectivity index (χ3n) is 4.48. The van der Waals surface area contributed by atoms with Gasteiger partial charge < -0.3 is 20.3 Å². The molecular weight excluding hydrogens is 316 g/mol. The van der Waals surface area contributed by atoms with Gasteiger partial charge in [-0.15, -0.1) is 0 Å². The van der Waals surface area contributed by atoms with E-state index in [1.807, 2.05) is 31.2 Å². The van der Waals surface area contributed by atoms with E-state index >= 15 is 0 Å². The molecule has 0 spiro atoms. The van der Waals surface area contributed by atoms with Gasteiger partial charge in [0.1, 0.15) is 5.82 Å². The highest BCUT2D eigenvalue weighted by atomic mass is 16.6. The van der Waals surface area contributed by atoms with E-state index in [1.54, 1.807) is 4.90 Å². The molecule has 1 aliphatic heterocycles. The van der Waals surface area contributed by atoms with Gasteiger partial charge in [0, 0.05) is 37.6 Å². The molecule has 1 aliphatic rings. The largest absolute Gasteiger partial charge is 0.450 e. The van der Waals surface area contributed by atoms with E-state index in [9.17, 15) is 4.79 Å². The van der Waals surface area contributed by atoms with Crippen LogP contribution in [0.4, 0.5) is 10.6 Å². The minimum atomic E-state index is -0.190. The molecule has 0 bridgehead atoms. The molecule has 6 nitrogen and oxygen atoms in total. The molecule has 134 valence electrons. The van der Waals surface area contributed by atoms with Crippen molar-refractivity contribution in [1.29, 1.82) is 0 Å². The number of carbonyl (C=O) groups is 1. The molecule has 2 N–H and O–H groups in total. The van der Waals surface area contributed by atoms with Gasteiger partial charge >= 0.3 is 6.09 Å². The number of para-hydroxylation sites is 1. The fraction of sp³-hybridized carbons (Fsp3) is 0.474. The monoisotopic (exact) mass is 342 g/mol. The van der Waals surface area contributed by atoms with Crippen LogP contribution >= 0.6 is 0 Å². The van der Waals surface area contributed by atoms with Gasteiger partial charge in [-0.3, -0.25) is 0 Å². The van der Waals surface area contributed by atoms with Crippen molar-refractivity contribution in [1.82, 2.24) is 15.2 Å². The van der Waals surface area contributed by atoms with Gasteiger partial charge in [0.15, 0.2) is 0 Å². The highest BCUT2D eigenvalue weighted by Gasteiger charge is 2.22. The zero-order chi connectivity index (χ0) is 17.5. The average molecular weight is 342 g/mol. The second-order valence-electron chi connectivity index (χ2n) is 6.23. The summed E-state index contributed by atoms with van der Waals surface area (Å²) in [4.78, 5) is 18.1. The molecule has 1 aromatic carbocycles. The van der Waals surface area contributed by atoms with Crippen molar-refractivity contribution >= 4 is 22.8 Å². The number of nitrogens with zero attached hydrogens (tertiary/aromatic N) is 2. The fourth-order valence-corrected chi connectivity index (χ4v) is 3.11. The number of nitrogens with one attached hydrogen (secondary N) is 2. The number of hydrogen-bond donors (Lipinski definition) is 2. The molecule has 2 heterocycles. The van der Waals surface area contributed by atoms with Crippen molar-refractivity contribution in [3.63, 3.8) is 0 Å². The summed E-state index contributed by atoms with van der Waals surface area (Å²) in [5.41, 5.74) is 1.01. The maximum absolute atomic E-state index is 11.7. The second-order valence-corrected chi connectivity index (χ2v) is 6.23. The lowest BCUT2D eigenvalue weighted by Gasteiger charge is -2.31. The number of aromatic nitrogens is 1. The summed E-state index contributed by atoms with van der Waals surface area (Å²) in [6.07, 6.45) is 1.74. The number of anilines is 1. The van der Waals surface area contributed by atoms with Crippen LogP contribution in [-0.4, -0.2) is 54.8 Å². The van der Waals surface area contributed by atoms with Crippen LogP contribution < -0.4 is 10.6 Å². The number of likely N-dealkylation sites (tertiary alicyclic amines) is 1. The van der Waals surface area contributed by atoms with E-state index in [0.29, 0.717) is 12.6 Å². The number of amides is 1. The topological polar surface area (TPSA) is 66.5 Å². The molecule has 0 radical (unpaired) electrons. The highest BCUT2D eigenvalue weighted by molar-refractivity contribution is 5.80. The van der Waals surface area contributed by atoms with Gasteiger partial charge in [-0.05, 0) is 38.0 Å². The van der Waals surface area contributed by atoms with Gasteiger partial charge in [0.2, 0.25) is 0 Å².